The number of hydrogen-bond donors (Lipinski definition) is 1. The van der Waals surface area contributed by atoms with Crippen LogP contribution in [0.3, 0.4) is 0 Å². The van der Waals surface area contributed by atoms with E-state index in [4.69, 9.17) is 4.74 Å². The third-order valence-corrected chi connectivity index (χ3v) is 7.15. The van der Waals surface area contributed by atoms with E-state index in [1.165, 1.54) is 48.1 Å². The lowest BCUT2D eigenvalue weighted by molar-refractivity contribution is 0.167. The number of ether oxygens (including phenoxy) is 1. The van der Waals surface area contributed by atoms with Gasteiger partial charge in [0, 0.05) is 57.2 Å². The summed E-state index contributed by atoms with van der Waals surface area (Å²) in [4.78, 5) is 5.17. The summed E-state index contributed by atoms with van der Waals surface area (Å²) in [5.74, 6) is 1.92. The fourth-order valence-electron chi connectivity index (χ4n) is 5.10. The van der Waals surface area contributed by atoms with Crippen LogP contribution in [0.4, 0.5) is 5.69 Å². The van der Waals surface area contributed by atoms with E-state index in [0.29, 0.717) is 0 Å². The normalized spacial score (nSPS) is 22.4. The Labute approximate surface area is 190 Å². The Bertz CT molecular complexity index is 1040. The molecule has 32 heavy (non-hydrogen) atoms. The lowest BCUT2D eigenvalue weighted by Gasteiger charge is -2.36. The first-order valence-corrected chi connectivity index (χ1v) is 12.2. The molecule has 6 rings (SSSR count). The predicted molar refractivity (Wildman–Crippen MR) is 129 cm³/mol. The van der Waals surface area contributed by atoms with E-state index in [-0.39, 0.29) is 6.10 Å². The molecule has 1 aromatic carbocycles. The maximum absolute atomic E-state index is 6.15. The van der Waals surface area contributed by atoms with E-state index in [0.717, 1.165) is 57.4 Å². The fourth-order valence-corrected chi connectivity index (χ4v) is 5.10. The quantitative estimate of drug-likeness (QED) is 0.645. The van der Waals surface area contributed by atoms with Crippen molar-refractivity contribution < 1.29 is 4.74 Å². The molecule has 1 atom stereocenters. The van der Waals surface area contributed by atoms with E-state index >= 15 is 0 Å². The van der Waals surface area contributed by atoms with Crippen LogP contribution in [0.5, 0.6) is 5.75 Å². The van der Waals surface area contributed by atoms with Crippen LogP contribution in [-0.2, 0) is 0 Å². The highest BCUT2D eigenvalue weighted by Crippen LogP contribution is 2.32. The predicted octanol–water partition coefficient (Wildman–Crippen LogP) is 3.66. The Morgan fingerprint density at radius 3 is 2.56 bits per heavy atom. The van der Waals surface area contributed by atoms with Crippen molar-refractivity contribution in [3.05, 3.63) is 48.8 Å². The molecule has 1 aliphatic carbocycles. The number of anilines is 1. The summed E-state index contributed by atoms with van der Waals surface area (Å²) >= 11 is 0. The summed E-state index contributed by atoms with van der Waals surface area (Å²) in [7, 11) is 0. The van der Waals surface area contributed by atoms with Gasteiger partial charge in [-0.3, -0.25) is 4.90 Å². The summed E-state index contributed by atoms with van der Waals surface area (Å²) in [6, 6.07) is 13.0. The van der Waals surface area contributed by atoms with Gasteiger partial charge in [0.15, 0.2) is 0 Å². The maximum Gasteiger partial charge on any atom is 0.119 e. The van der Waals surface area contributed by atoms with E-state index in [1.807, 2.05) is 10.7 Å². The number of fused-ring (bicyclic) bond motifs is 1. The Kier molecular flexibility index (Phi) is 5.49. The molecule has 0 radical (unpaired) electrons. The Hall–Kier alpha value is -2.57. The van der Waals surface area contributed by atoms with Crippen LogP contribution in [-0.4, -0.2) is 66.4 Å². The van der Waals surface area contributed by atoms with Gasteiger partial charge in [-0.2, -0.15) is 5.10 Å². The minimum Gasteiger partial charge on any atom is -0.489 e. The number of benzene rings is 1. The van der Waals surface area contributed by atoms with Crippen LogP contribution in [0, 0.1) is 5.92 Å². The molecule has 0 unspecified atom stereocenters. The highest BCUT2D eigenvalue weighted by molar-refractivity contribution is 5.80. The number of aromatic nitrogens is 2. The van der Waals surface area contributed by atoms with Gasteiger partial charge in [-0.05, 0) is 68.0 Å². The molecular weight excluding hydrogens is 398 g/mol. The monoisotopic (exact) mass is 431 g/mol. The Morgan fingerprint density at radius 2 is 1.81 bits per heavy atom. The zero-order valence-corrected chi connectivity index (χ0v) is 18.7. The molecule has 0 spiro atoms. The molecule has 6 nitrogen and oxygen atoms in total. The van der Waals surface area contributed by atoms with Crippen LogP contribution in [0.25, 0.3) is 16.6 Å². The van der Waals surface area contributed by atoms with Crippen molar-refractivity contribution in [2.75, 3.05) is 50.7 Å². The van der Waals surface area contributed by atoms with Gasteiger partial charge in [-0.15, -0.1) is 0 Å². The van der Waals surface area contributed by atoms with Crippen molar-refractivity contribution >= 4 is 11.2 Å². The first kappa shape index (κ1) is 20.1. The molecule has 2 saturated heterocycles. The summed E-state index contributed by atoms with van der Waals surface area (Å²) in [5, 5.41) is 8.00. The van der Waals surface area contributed by atoms with Crippen molar-refractivity contribution in [2.24, 2.45) is 5.92 Å². The largest absolute Gasteiger partial charge is 0.489 e. The Morgan fingerprint density at radius 1 is 0.969 bits per heavy atom. The summed E-state index contributed by atoms with van der Waals surface area (Å²) < 4.78 is 8.18. The van der Waals surface area contributed by atoms with E-state index in [9.17, 15) is 0 Å². The van der Waals surface area contributed by atoms with Gasteiger partial charge in [-0.25, -0.2) is 4.52 Å². The van der Waals surface area contributed by atoms with Gasteiger partial charge < -0.3 is 15.0 Å². The van der Waals surface area contributed by atoms with Crippen LogP contribution in [0.2, 0.25) is 0 Å². The third kappa shape index (κ3) is 4.34. The number of piperidine rings is 1. The molecule has 1 N–H and O–H groups in total. The fraction of sp³-hybridized carbons (Fsp3) is 0.500. The van der Waals surface area contributed by atoms with Crippen molar-refractivity contribution in [3.63, 3.8) is 0 Å². The molecule has 0 bridgehead atoms. The lowest BCUT2D eigenvalue weighted by atomic mass is 10.1. The first-order valence-electron chi connectivity index (χ1n) is 12.2. The molecule has 3 fully saturated rings. The molecule has 6 heteroatoms. The standard InChI is InChI=1S/C26H33N5O/c1-2-24(17-27-10-1)32-23-7-5-21(6-8-23)22-16-26-25(9-11-28-31(26)19-22)30-14-12-29(13-15-30)18-20-3-4-20/h5-9,11,16,19-20,24,27H,1-4,10,12-15,17-18H2/t24-/m1/s1. The van der Waals surface area contributed by atoms with Crippen molar-refractivity contribution in [1.82, 2.24) is 19.8 Å². The maximum atomic E-state index is 6.15. The topological polar surface area (TPSA) is 45.0 Å². The number of nitrogens with zero attached hydrogens (tertiary/aromatic N) is 4. The first-order chi connectivity index (χ1) is 15.8. The SMILES string of the molecule is c1cc(N2CCN(CC3CC3)CC2)c2cc(-c3ccc(O[C@@H]4CCCNC4)cc3)cn2n1. The molecule has 1 saturated carbocycles. The van der Waals surface area contributed by atoms with E-state index in [1.54, 1.807) is 0 Å². The number of hydrogen-bond acceptors (Lipinski definition) is 5. The van der Waals surface area contributed by atoms with Crippen LogP contribution >= 0.6 is 0 Å². The smallest absolute Gasteiger partial charge is 0.119 e. The molecule has 2 aliphatic heterocycles. The van der Waals surface area contributed by atoms with Crippen LogP contribution < -0.4 is 15.0 Å². The zero-order valence-electron chi connectivity index (χ0n) is 18.7. The van der Waals surface area contributed by atoms with Crippen molar-refractivity contribution in [2.45, 2.75) is 31.8 Å². The molecule has 2 aromatic heterocycles. The summed E-state index contributed by atoms with van der Waals surface area (Å²) in [6.07, 6.45) is 9.53. The summed E-state index contributed by atoms with van der Waals surface area (Å²) in [6.45, 7) is 7.85. The van der Waals surface area contributed by atoms with Gasteiger partial charge in [0.2, 0.25) is 0 Å². The van der Waals surface area contributed by atoms with Crippen molar-refractivity contribution in [1.29, 1.82) is 0 Å². The molecule has 3 aliphatic rings. The van der Waals surface area contributed by atoms with E-state index in [2.05, 4.69) is 62.8 Å². The molecule has 3 aromatic rings. The third-order valence-electron chi connectivity index (χ3n) is 7.15. The molecule has 4 heterocycles. The second kappa shape index (κ2) is 8.75. The van der Waals surface area contributed by atoms with Gasteiger partial charge >= 0.3 is 0 Å². The zero-order chi connectivity index (χ0) is 21.3. The summed E-state index contributed by atoms with van der Waals surface area (Å²) in [5.41, 5.74) is 4.88. The second-order valence-electron chi connectivity index (χ2n) is 9.62. The number of nitrogens with one attached hydrogen (secondary N) is 1. The van der Waals surface area contributed by atoms with Crippen LogP contribution in [0.1, 0.15) is 25.7 Å². The molecule has 168 valence electrons. The Balaban J connectivity index is 1.17. The highest BCUT2D eigenvalue weighted by atomic mass is 16.5. The minimum atomic E-state index is 0.281. The molecular formula is C26H33N5O. The molecule has 0 amide bonds. The van der Waals surface area contributed by atoms with Crippen LogP contribution in [0.15, 0.2) is 48.8 Å². The van der Waals surface area contributed by atoms with Gasteiger partial charge in [0.25, 0.3) is 0 Å². The second-order valence-corrected chi connectivity index (χ2v) is 9.62. The number of piperazine rings is 1. The van der Waals surface area contributed by atoms with Gasteiger partial charge in [0.1, 0.15) is 11.9 Å². The average molecular weight is 432 g/mol. The average Bonchev–Trinajstić information content (AvgIpc) is 3.54. The lowest BCUT2D eigenvalue weighted by Crippen LogP contribution is -2.47. The van der Waals surface area contributed by atoms with Gasteiger partial charge in [0.05, 0.1) is 11.2 Å². The van der Waals surface area contributed by atoms with Gasteiger partial charge in [-0.1, -0.05) is 12.1 Å². The highest BCUT2D eigenvalue weighted by Gasteiger charge is 2.27. The van der Waals surface area contributed by atoms with E-state index < -0.39 is 0 Å². The minimum absolute atomic E-state index is 0.281. The number of rotatable bonds is 6. The van der Waals surface area contributed by atoms with Crippen molar-refractivity contribution in [3.8, 4) is 16.9 Å².